The Labute approximate surface area is 199 Å². The Balaban J connectivity index is 1.35. The fraction of sp³-hybridized carbons (Fsp3) is 0.160. The number of nitrogens with zero attached hydrogens (tertiary/aromatic N) is 5. The van der Waals surface area contributed by atoms with Crippen molar-refractivity contribution in [2.45, 2.75) is 17.9 Å². The van der Waals surface area contributed by atoms with Crippen molar-refractivity contribution in [3.63, 3.8) is 0 Å². The molecule has 5 aromatic rings. The van der Waals surface area contributed by atoms with E-state index >= 15 is 0 Å². The van der Waals surface area contributed by atoms with E-state index in [1.165, 1.54) is 0 Å². The number of aromatic nitrogens is 5. The molecular formula is C25H22N6O2S. The molecule has 0 spiro atoms. The Morgan fingerprint density at radius 1 is 1.03 bits per heavy atom. The number of fused-ring (bicyclic) bond motifs is 3. The van der Waals surface area contributed by atoms with Gasteiger partial charge in [0.2, 0.25) is 5.78 Å². The highest BCUT2D eigenvalue weighted by molar-refractivity contribution is 7.99. The van der Waals surface area contributed by atoms with Gasteiger partial charge in [-0.3, -0.25) is 23.5 Å². The summed E-state index contributed by atoms with van der Waals surface area (Å²) in [7, 11) is 0. The Morgan fingerprint density at radius 3 is 2.68 bits per heavy atom. The Morgan fingerprint density at radius 2 is 1.85 bits per heavy atom. The maximum absolute atomic E-state index is 13.4. The van der Waals surface area contributed by atoms with Gasteiger partial charge in [0.15, 0.2) is 0 Å². The molecule has 5 rings (SSSR count). The van der Waals surface area contributed by atoms with Gasteiger partial charge in [-0.05, 0) is 48.1 Å². The summed E-state index contributed by atoms with van der Waals surface area (Å²) in [5.41, 5.74) is 1.89. The second kappa shape index (κ2) is 9.88. The van der Waals surface area contributed by atoms with E-state index in [1.807, 2.05) is 42.5 Å². The van der Waals surface area contributed by atoms with E-state index in [1.54, 1.807) is 57.6 Å². The molecule has 0 aliphatic heterocycles. The van der Waals surface area contributed by atoms with Crippen LogP contribution in [-0.2, 0) is 6.54 Å². The number of carbonyl (C=O) groups is 1. The fourth-order valence-electron chi connectivity index (χ4n) is 3.79. The van der Waals surface area contributed by atoms with Gasteiger partial charge in [0, 0.05) is 29.4 Å². The molecule has 0 atom stereocenters. The van der Waals surface area contributed by atoms with Crippen LogP contribution in [0.1, 0.15) is 22.3 Å². The number of hydrogen-bond acceptors (Lipinski definition) is 6. The largest absolute Gasteiger partial charge is 0.352 e. The number of nitrogens with one attached hydrogen (secondary N) is 1. The molecule has 2 aromatic carbocycles. The van der Waals surface area contributed by atoms with Crippen molar-refractivity contribution in [2.24, 2.45) is 0 Å². The number of benzene rings is 2. The Hall–Kier alpha value is -3.98. The van der Waals surface area contributed by atoms with Crippen molar-refractivity contribution in [2.75, 3.05) is 12.3 Å². The third kappa shape index (κ3) is 4.55. The molecule has 0 bridgehead atoms. The van der Waals surface area contributed by atoms with Gasteiger partial charge in [-0.15, -0.1) is 22.0 Å². The predicted octanol–water partition coefficient (Wildman–Crippen LogP) is 3.40. The van der Waals surface area contributed by atoms with E-state index < -0.39 is 0 Å². The molecule has 0 saturated carbocycles. The maximum atomic E-state index is 13.4. The molecule has 3 aromatic heterocycles. The zero-order chi connectivity index (χ0) is 23.3. The van der Waals surface area contributed by atoms with E-state index in [0.717, 1.165) is 22.6 Å². The first kappa shape index (κ1) is 21.8. The summed E-state index contributed by atoms with van der Waals surface area (Å²) in [5.74, 6) is 1.15. The Bertz CT molecular complexity index is 1500. The van der Waals surface area contributed by atoms with Crippen molar-refractivity contribution in [3.05, 3.63) is 101 Å². The lowest BCUT2D eigenvalue weighted by Crippen LogP contribution is -2.26. The van der Waals surface area contributed by atoms with Crippen molar-refractivity contribution in [3.8, 4) is 0 Å². The zero-order valence-electron chi connectivity index (χ0n) is 18.3. The highest BCUT2D eigenvalue weighted by atomic mass is 32.2. The van der Waals surface area contributed by atoms with Gasteiger partial charge in [0.25, 0.3) is 11.5 Å². The van der Waals surface area contributed by atoms with Gasteiger partial charge in [0.05, 0.1) is 17.4 Å². The second-order valence-electron chi connectivity index (χ2n) is 7.75. The number of rotatable bonds is 8. The molecule has 34 heavy (non-hydrogen) atoms. The van der Waals surface area contributed by atoms with Gasteiger partial charge in [-0.25, -0.2) is 0 Å². The van der Waals surface area contributed by atoms with Gasteiger partial charge in [0.1, 0.15) is 6.33 Å². The van der Waals surface area contributed by atoms with Crippen LogP contribution in [0, 0.1) is 0 Å². The summed E-state index contributed by atoms with van der Waals surface area (Å²) in [4.78, 5) is 31.3. The van der Waals surface area contributed by atoms with E-state index in [4.69, 9.17) is 0 Å². The minimum Gasteiger partial charge on any atom is -0.352 e. The summed E-state index contributed by atoms with van der Waals surface area (Å²) >= 11 is 1.73. The molecule has 0 aliphatic rings. The molecule has 170 valence electrons. The van der Waals surface area contributed by atoms with E-state index in [2.05, 4.69) is 20.5 Å². The minimum atomic E-state index is -0.206. The molecule has 3 heterocycles. The SMILES string of the molecule is O=C(NCCCSc1ccncc1)c1ccc2c(c1)c(=O)n(Cc1ccccc1)c1nncn21. The molecule has 1 N–H and O–H groups in total. The van der Waals surface area contributed by atoms with Gasteiger partial charge >= 0.3 is 0 Å². The first-order chi connectivity index (χ1) is 16.7. The molecule has 0 unspecified atom stereocenters. The summed E-state index contributed by atoms with van der Waals surface area (Å²) in [6.45, 7) is 0.918. The molecule has 8 nitrogen and oxygen atoms in total. The number of thioether (sulfide) groups is 1. The summed E-state index contributed by atoms with van der Waals surface area (Å²) in [6, 6.07) is 18.8. The van der Waals surface area contributed by atoms with Gasteiger partial charge < -0.3 is 5.32 Å². The molecule has 9 heteroatoms. The average molecular weight is 471 g/mol. The summed E-state index contributed by atoms with van der Waals surface area (Å²) in [6.07, 6.45) is 5.95. The van der Waals surface area contributed by atoms with E-state index in [9.17, 15) is 9.59 Å². The van der Waals surface area contributed by atoms with Crippen molar-refractivity contribution in [1.29, 1.82) is 0 Å². The van der Waals surface area contributed by atoms with Crippen LogP contribution in [-0.4, -0.2) is 42.4 Å². The monoisotopic (exact) mass is 470 g/mol. The zero-order valence-corrected chi connectivity index (χ0v) is 19.1. The third-order valence-electron chi connectivity index (χ3n) is 5.47. The first-order valence-corrected chi connectivity index (χ1v) is 11.9. The second-order valence-corrected chi connectivity index (χ2v) is 8.92. The van der Waals surface area contributed by atoms with E-state index in [-0.39, 0.29) is 11.5 Å². The molecule has 0 radical (unpaired) electrons. The first-order valence-electron chi connectivity index (χ1n) is 10.9. The van der Waals surface area contributed by atoms with Crippen molar-refractivity contribution < 1.29 is 4.79 Å². The third-order valence-corrected chi connectivity index (χ3v) is 6.57. The molecule has 1 amide bonds. The molecule has 0 saturated heterocycles. The lowest BCUT2D eigenvalue weighted by atomic mass is 10.1. The summed E-state index contributed by atoms with van der Waals surface area (Å²) in [5, 5.41) is 11.6. The van der Waals surface area contributed by atoms with Crippen LogP contribution in [0.25, 0.3) is 16.7 Å². The van der Waals surface area contributed by atoms with Crippen LogP contribution in [0.3, 0.4) is 0 Å². The van der Waals surface area contributed by atoms with Crippen LogP contribution in [0.2, 0.25) is 0 Å². The predicted molar refractivity (Wildman–Crippen MR) is 132 cm³/mol. The van der Waals surface area contributed by atoms with Crippen molar-refractivity contribution in [1.82, 2.24) is 29.5 Å². The quantitative estimate of drug-likeness (QED) is 0.276. The van der Waals surface area contributed by atoms with Crippen LogP contribution < -0.4 is 10.9 Å². The number of amides is 1. The van der Waals surface area contributed by atoms with Gasteiger partial charge in [-0.2, -0.15) is 0 Å². The lowest BCUT2D eigenvalue weighted by molar-refractivity contribution is 0.0954. The molecule has 0 aliphatic carbocycles. The maximum Gasteiger partial charge on any atom is 0.263 e. The Kier molecular flexibility index (Phi) is 6.35. The van der Waals surface area contributed by atoms with Crippen LogP contribution in [0.5, 0.6) is 0 Å². The summed E-state index contributed by atoms with van der Waals surface area (Å²) < 4.78 is 3.36. The van der Waals surface area contributed by atoms with Gasteiger partial charge in [-0.1, -0.05) is 30.3 Å². The highest BCUT2D eigenvalue weighted by Gasteiger charge is 2.15. The van der Waals surface area contributed by atoms with E-state index in [0.29, 0.717) is 35.3 Å². The normalized spacial score (nSPS) is 11.2. The van der Waals surface area contributed by atoms with Crippen LogP contribution in [0.4, 0.5) is 0 Å². The standard InChI is InChI=1S/C25H22N6O2S/c32-23(27-11-4-14-34-20-9-12-26-13-10-20)19-7-8-22-21(15-19)24(33)30(25-29-28-17-31(22)25)16-18-5-2-1-3-6-18/h1-3,5-10,12-13,15,17H,4,11,14,16H2,(H,27,32). The van der Waals surface area contributed by atoms with Crippen LogP contribution >= 0.6 is 11.8 Å². The average Bonchev–Trinajstić information content (AvgIpc) is 3.37. The molecule has 0 fully saturated rings. The fourth-order valence-corrected chi connectivity index (χ4v) is 4.63. The topological polar surface area (TPSA) is 94.2 Å². The highest BCUT2D eigenvalue weighted by Crippen LogP contribution is 2.17. The number of pyridine rings is 1. The number of hydrogen-bond donors (Lipinski definition) is 1. The number of carbonyl (C=O) groups excluding carboxylic acids is 1. The smallest absolute Gasteiger partial charge is 0.263 e. The lowest BCUT2D eigenvalue weighted by Gasteiger charge is -2.11. The molecular weight excluding hydrogens is 448 g/mol. The van der Waals surface area contributed by atoms with Crippen molar-refractivity contribution >= 4 is 34.3 Å². The van der Waals surface area contributed by atoms with Crippen LogP contribution in [0.15, 0.2) is 89.1 Å². The minimum absolute atomic E-state index is 0.200.